The highest BCUT2D eigenvalue weighted by molar-refractivity contribution is 5.90. The second-order valence-electron chi connectivity index (χ2n) is 5.57. The van der Waals surface area contributed by atoms with E-state index in [4.69, 9.17) is 4.74 Å². The molecule has 3 N–H and O–H groups in total. The van der Waals surface area contributed by atoms with Gasteiger partial charge in [0.05, 0.1) is 6.61 Å². The van der Waals surface area contributed by atoms with Crippen LogP contribution in [0.15, 0.2) is 54.6 Å². The maximum atomic E-state index is 12.0. The normalized spacial score (nSPS) is 11.3. The molecule has 0 aliphatic rings. The van der Waals surface area contributed by atoms with Gasteiger partial charge < -0.3 is 15.4 Å². The molecule has 1 atom stereocenters. The molecule has 6 heteroatoms. The highest BCUT2D eigenvalue weighted by Crippen LogP contribution is 2.15. The fourth-order valence-corrected chi connectivity index (χ4v) is 2.24. The molecule has 3 amide bonds. The van der Waals surface area contributed by atoms with Crippen LogP contribution in [-0.4, -0.2) is 25.3 Å². The number of rotatable bonds is 6. The predicted molar refractivity (Wildman–Crippen MR) is 99.0 cm³/mol. The Kier molecular flexibility index (Phi) is 6.83. The monoisotopic (exact) mass is 341 g/mol. The van der Waals surface area contributed by atoms with Crippen LogP contribution in [-0.2, 0) is 4.74 Å². The van der Waals surface area contributed by atoms with Gasteiger partial charge >= 0.3 is 12.1 Å². The molecule has 0 aromatic heterocycles. The van der Waals surface area contributed by atoms with Crippen LogP contribution in [0.5, 0.6) is 0 Å². The third-order valence-electron chi connectivity index (χ3n) is 3.60. The first kappa shape index (κ1) is 18.3. The Morgan fingerprint density at radius 2 is 1.56 bits per heavy atom. The van der Waals surface area contributed by atoms with Crippen molar-refractivity contribution < 1.29 is 14.3 Å². The van der Waals surface area contributed by atoms with Crippen LogP contribution in [0.1, 0.15) is 25.3 Å². The average Bonchev–Trinajstić information content (AvgIpc) is 2.62. The minimum atomic E-state index is -0.504. The Morgan fingerprint density at radius 3 is 2.16 bits per heavy atom. The quantitative estimate of drug-likeness (QED) is 0.737. The lowest BCUT2D eigenvalue weighted by molar-refractivity contribution is 0.168. The van der Waals surface area contributed by atoms with Crippen molar-refractivity contribution in [1.82, 2.24) is 5.32 Å². The summed E-state index contributed by atoms with van der Waals surface area (Å²) in [6.45, 7) is 4.65. The van der Waals surface area contributed by atoms with Crippen molar-refractivity contribution in [2.75, 3.05) is 23.8 Å². The van der Waals surface area contributed by atoms with E-state index in [1.165, 1.54) is 5.56 Å². The first-order valence-electron chi connectivity index (χ1n) is 8.22. The van der Waals surface area contributed by atoms with Gasteiger partial charge in [0.1, 0.15) is 0 Å². The van der Waals surface area contributed by atoms with Crippen molar-refractivity contribution in [3.63, 3.8) is 0 Å². The zero-order valence-corrected chi connectivity index (χ0v) is 14.4. The molecule has 6 nitrogen and oxygen atoms in total. The lowest BCUT2D eigenvalue weighted by atomic mass is 10.0. The van der Waals surface area contributed by atoms with Crippen LogP contribution < -0.4 is 16.0 Å². The summed E-state index contributed by atoms with van der Waals surface area (Å²) in [6, 6.07) is 16.6. The SMILES string of the molecule is CCOC(=O)Nc1ccc(NC(=O)NC[C@@H](C)c2ccccc2)cc1. The lowest BCUT2D eigenvalue weighted by Crippen LogP contribution is -2.31. The van der Waals surface area contributed by atoms with E-state index >= 15 is 0 Å². The highest BCUT2D eigenvalue weighted by Gasteiger charge is 2.08. The van der Waals surface area contributed by atoms with E-state index in [2.05, 4.69) is 22.9 Å². The Labute approximate surface area is 147 Å². The average molecular weight is 341 g/mol. The first-order valence-corrected chi connectivity index (χ1v) is 8.22. The molecule has 0 aliphatic heterocycles. The van der Waals surface area contributed by atoms with E-state index in [0.29, 0.717) is 24.5 Å². The number of nitrogens with one attached hydrogen (secondary N) is 3. The van der Waals surface area contributed by atoms with Gasteiger partial charge in [0.25, 0.3) is 0 Å². The highest BCUT2D eigenvalue weighted by atomic mass is 16.5. The summed E-state index contributed by atoms with van der Waals surface area (Å²) in [6.07, 6.45) is -0.504. The second-order valence-corrected chi connectivity index (χ2v) is 5.57. The third kappa shape index (κ3) is 6.18. The van der Waals surface area contributed by atoms with Crippen LogP contribution in [0.2, 0.25) is 0 Å². The topological polar surface area (TPSA) is 79.5 Å². The molecule has 0 spiro atoms. The molecule has 0 saturated heterocycles. The summed E-state index contributed by atoms with van der Waals surface area (Å²) in [4.78, 5) is 23.3. The predicted octanol–water partition coefficient (Wildman–Crippen LogP) is 4.18. The zero-order chi connectivity index (χ0) is 18.1. The number of urea groups is 1. The van der Waals surface area contributed by atoms with E-state index in [1.54, 1.807) is 31.2 Å². The van der Waals surface area contributed by atoms with E-state index in [-0.39, 0.29) is 11.9 Å². The van der Waals surface area contributed by atoms with Gasteiger partial charge in [0.2, 0.25) is 0 Å². The molecule has 2 aromatic rings. The van der Waals surface area contributed by atoms with Crippen LogP contribution in [0.3, 0.4) is 0 Å². The van der Waals surface area contributed by atoms with Crippen LogP contribution in [0.4, 0.5) is 21.0 Å². The summed E-state index contributed by atoms with van der Waals surface area (Å²) >= 11 is 0. The van der Waals surface area contributed by atoms with E-state index in [1.807, 2.05) is 30.3 Å². The van der Waals surface area contributed by atoms with E-state index < -0.39 is 6.09 Å². The largest absolute Gasteiger partial charge is 0.450 e. The van der Waals surface area contributed by atoms with Crippen molar-refractivity contribution in [3.05, 3.63) is 60.2 Å². The van der Waals surface area contributed by atoms with Gasteiger partial charge in [-0.15, -0.1) is 0 Å². The van der Waals surface area contributed by atoms with Gasteiger partial charge in [-0.3, -0.25) is 5.32 Å². The van der Waals surface area contributed by atoms with Gasteiger partial charge in [0, 0.05) is 17.9 Å². The van der Waals surface area contributed by atoms with Crippen molar-refractivity contribution in [2.45, 2.75) is 19.8 Å². The fourth-order valence-electron chi connectivity index (χ4n) is 2.24. The van der Waals surface area contributed by atoms with Gasteiger partial charge in [-0.25, -0.2) is 9.59 Å². The number of anilines is 2. The van der Waals surface area contributed by atoms with Crippen molar-refractivity contribution in [3.8, 4) is 0 Å². The number of hydrogen-bond donors (Lipinski definition) is 3. The standard InChI is InChI=1S/C19H23N3O3/c1-3-25-19(24)22-17-11-9-16(10-12-17)21-18(23)20-13-14(2)15-7-5-4-6-8-15/h4-12,14H,3,13H2,1-2H3,(H,22,24)(H2,20,21,23)/t14-/m1/s1. The van der Waals surface area contributed by atoms with Gasteiger partial charge in [-0.2, -0.15) is 0 Å². The Hall–Kier alpha value is -3.02. The number of amides is 3. The summed E-state index contributed by atoms with van der Waals surface area (Å²) in [7, 11) is 0. The molecule has 0 radical (unpaired) electrons. The smallest absolute Gasteiger partial charge is 0.411 e. The molecular weight excluding hydrogens is 318 g/mol. The molecule has 2 aromatic carbocycles. The lowest BCUT2D eigenvalue weighted by Gasteiger charge is -2.14. The van der Waals surface area contributed by atoms with Gasteiger partial charge in [-0.05, 0) is 42.7 Å². The molecular formula is C19H23N3O3. The molecule has 25 heavy (non-hydrogen) atoms. The Morgan fingerprint density at radius 1 is 0.960 bits per heavy atom. The molecule has 0 heterocycles. The van der Waals surface area contributed by atoms with Crippen molar-refractivity contribution in [2.24, 2.45) is 0 Å². The number of carbonyl (C=O) groups is 2. The molecule has 2 rings (SSSR count). The summed E-state index contributed by atoms with van der Waals surface area (Å²) in [5.74, 6) is 0.225. The minimum absolute atomic E-state index is 0.225. The van der Waals surface area contributed by atoms with Crippen LogP contribution >= 0.6 is 0 Å². The molecule has 0 unspecified atom stereocenters. The summed E-state index contributed by atoms with van der Waals surface area (Å²) in [5, 5.41) is 8.21. The van der Waals surface area contributed by atoms with Gasteiger partial charge in [-0.1, -0.05) is 37.3 Å². The Bertz CT molecular complexity index is 687. The summed E-state index contributed by atoms with van der Waals surface area (Å²) in [5.41, 5.74) is 2.42. The number of hydrogen-bond acceptors (Lipinski definition) is 3. The van der Waals surface area contributed by atoms with E-state index in [0.717, 1.165) is 0 Å². The molecule has 132 valence electrons. The molecule has 0 fully saturated rings. The van der Waals surface area contributed by atoms with Crippen molar-refractivity contribution in [1.29, 1.82) is 0 Å². The minimum Gasteiger partial charge on any atom is -0.450 e. The first-order chi connectivity index (χ1) is 12.1. The van der Waals surface area contributed by atoms with Crippen LogP contribution in [0.25, 0.3) is 0 Å². The maximum absolute atomic E-state index is 12.0. The maximum Gasteiger partial charge on any atom is 0.411 e. The number of benzene rings is 2. The summed E-state index contributed by atoms with van der Waals surface area (Å²) < 4.78 is 4.80. The van der Waals surface area contributed by atoms with Crippen LogP contribution in [0, 0.1) is 0 Å². The number of carbonyl (C=O) groups excluding carboxylic acids is 2. The van der Waals surface area contributed by atoms with E-state index in [9.17, 15) is 9.59 Å². The second kappa shape index (κ2) is 9.32. The van der Waals surface area contributed by atoms with Crippen molar-refractivity contribution >= 4 is 23.5 Å². The molecule has 0 aliphatic carbocycles. The molecule has 0 saturated carbocycles. The zero-order valence-electron chi connectivity index (χ0n) is 14.4. The third-order valence-corrected chi connectivity index (χ3v) is 3.60. The fraction of sp³-hybridized carbons (Fsp3) is 0.263. The molecule has 0 bridgehead atoms. The Balaban J connectivity index is 1.79. The number of ether oxygens (including phenoxy) is 1. The van der Waals surface area contributed by atoms with Gasteiger partial charge in [0.15, 0.2) is 0 Å².